The van der Waals surface area contributed by atoms with Crippen molar-refractivity contribution in [2.75, 3.05) is 26.2 Å². The van der Waals surface area contributed by atoms with E-state index in [2.05, 4.69) is 48.2 Å². The second-order valence-electron chi connectivity index (χ2n) is 8.68. The van der Waals surface area contributed by atoms with Crippen molar-refractivity contribution in [3.8, 4) is 10.6 Å². The lowest BCUT2D eigenvalue weighted by Gasteiger charge is -2.37. The minimum atomic E-state index is 0.152. The molecule has 2 fully saturated rings. The number of fused-ring (bicyclic) bond motifs is 1. The number of aromatic nitrogens is 1. The number of thiazole rings is 1. The Morgan fingerprint density at radius 2 is 1.67 bits per heavy atom. The SMILES string of the molecule is Cc1nc(-c2ccc(C)c3ccccc23)sc1C(=O)N1CCN(C2CCCC2)CC1. The van der Waals surface area contributed by atoms with Crippen LogP contribution in [0.1, 0.15) is 46.6 Å². The third kappa shape index (κ3) is 3.54. The third-order valence-electron chi connectivity index (χ3n) is 6.81. The van der Waals surface area contributed by atoms with Crippen LogP contribution < -0.4 is 0 Å². The van der Waals surface area contributed by atoms with Crippen LogP contribution in [-0.2, 0) is 0 Å². The van der Waals surface area contributed by atoms with Crippen molar-refractivity contribution in [1.82, 2.24) is 14.8 Å². The standard InChI is InChI=1S/C25H29N3OS/c1-17-11-12-22(21-10-6-5-9-20(17)21)24-26-18(2)23(30-24)25(29)28-15-13-27(14-16-28)19-7-3-4-8-19/h5-6,9-12,19H,3-4,7-8,13-16H2,1-2H3. The molecule has 5 heteroatoms. The molecule has 2 aromatic carbocycles. The van der Waals surface area contributed by atoms with Crippen molar-refractivity contribution in [2.45, 2.75) is 45.6 Å². The molecule has 0 N–H and O–H groups in total. The Morgan fingerprint density at radius 1 is 0.967 bits per heavy atom. The highest BCUT2D eigenvalue weighted by Gasteiger charge is 2.29. The lowest BCUT2D eigenvalue weighted by atomic mass is 10.0. The molecular weight excluding hydrogens is 390 g/mol. The molecule has 1 aromatic heterocycles. The summed E-state index contributed by atoms with van der Waals surface area (Å²) < 4.78 is 0. The van der Waals surface area contributed by atoms with Gasteiger partial charge in [0.1, 0.15) is 9.88 Å². The number of carbonyl (C=O) groups excluding carboxylic acids is 1. The van der Waals surface area contributed by atoms with Crippen molar-refractivity contribution in [1.29, 1.82) is 0 Å². The van der Waals surface area contributed by atoms with Crippen LogP contribution in [0.3, 0.4) is 0 Å². The van der Waals surface area contributed by atoms with Gasteiger partial charge in [-0.05, 0) is 43.0 Å². The Labute approximate surface area is 182 Å². The first kappa shape index (κ1) is 19.7. The number of hydrogen-bond acceptors (Lipinski definition) is 4. The van der Waals surface area contributed by atoms with Gasteiger partial charge in [0.2, 0.25) is 0 Å². The number of amides is 1. The fourth-order valence-corrected chi connectivity index (χ4v) is 6.12. The van der Waals surface area contributed by atoms with Gasteiger partial charge in [-0.3, -0.25) is 9.69 Å². The van der Waals surface area contributed by atoms with Gasteiger partial charge in [0.15, 0.2) is 0 Å². The fourth-order valence-electron chi connectivity index (χ4n) is 5.05. The van der Waals surface area contributed by atoms with Gasteiger partial charge < -0.3 is 4.90 Å². The van der Waals surface area contributed by atoms with E-state index >= 15 is 0 Å². The van der Waals surface area contributed by atoms with Gasteiger partial charge in [-0.1, -0.05) is 49.2 Å². The zero-order valence-electron chi connectivity index (χ0n) is 17.9. The number of carbonyl (C=O) groups is 1. The van der Waals surface area contributed by atoms with E-state index in [0.29, 0.717) is 0 Å². The second kappa shape index (κ2) is 8.12. The van der Waals surface area contributed by atoms with Crippen molar-refractivity contribution < 1.29 is 4.79 Å². The Bertz CT molecular complexity index is 1080. The lowest BCUT2D eigenvalue weighted by molar-refractivity contribution is 0.0577. The van der Waals surface area contributed by atoms with E-state index in [9.17, 15) is 4.79 Å². The number of hydrogen-bond donors (Lipinski definition) is 0. The molecule has 0 radical (unpaired) electrons. The second-order valence-corrected chi connectivity index (χ2v) is 9.67. The first-order chi connectivity index (χ1) is 14.6. The molecule has 0 bridgehead atoms. The highest BCUT2D eigenvalue weighted by atomic mass is 32.1. The van der Waals surface area contributed by atoms with Crippen LogP contribution in [0.15, 0.2) is 36.4 Å². The molecule has 1 aliphatic carbocycles. The summed E-state index contributed by atoms with van der Waals surface area (Å²) in [6.07, 6.45) is 5.38. The summed E-state index contributed by atoms with van der Waals surface area (Å²) in [4.78, 5) is 23.5. The van der Waals surface area contributed by atoms with Crippen LogP contribution in [0.25, 0.3) is 21.3 Å². The zero-order chi connectivity index (χ0) is 20.7. The van der Waals surface area contributed by atoms with E-state index in [4.69, 9.17) is 4.98 Å². The third-order valence-corrected chi connectivity index (χ3v) is 7.98. The van der Waals surface area contributed by atoms with Gasteiger partial charge in [-0.25, -0.2) is 4.98 Å². The normalized spacial score (nSPS) is 18.4. The maximum Gasteiger partial charge on any atom is 0.265 e. The Morgan fingerprint density at radius 3 is 2.40 bits per heavy atom. The summed E-state index contributed by atoms with van der Waals surface area (Å²) in [6.45, 7) is 7.77. The number of benzene rings is 2. The minimum absolute atomic E-state index is 0.152. The van der Waals surface area contributed by atoms with Crippen molar-refractivity contribution in [3.05, 3.63) is 52.5 Å². The van der Waals surface area contributed by atoms with Crippen LogP contribution in [0.2, 0.25) is 0 Å². The maximum atomic E-state index is 13.3. The predicted octanol–water partition coefficient (Wildman–Crippen LogP) is 5.28. The molecule has 30 heavy (non-hydrogen) atoms. The van der Waals surface area contributed by atoms with Gasteiger partial charge in [0, 0.05) is 37.8 Å². The van der Waals surface area contributed by atoms with Crippen LogP contribution >= 0.6 is 11.3 Å². The average molecular weight is 420 g/mol. The molecular formula is C25H29N3OS. The number of nitrogens with zero attached hydrogens (tertiary/aromatic N) is 3. The summed E-state index contributed by atoms with van der Waals surface area (Å²) in [6, 6.07) is 13.5. The van der Waals surface area contributed by atoms with E-state index in [1.54, 1.807) is 11.3 Å². The number of rotatable bonds is 3. The fraction of sp³-hybridized carbons (Fsp3) is 0.440. The lowest BCUT2D eigenvalue weighted by Crippen LogP contribution is -2.51. The van der Waals surface area contributed by atoms with Crippen molar-refractivity contribution in [3.63, 3.8) is 0 Å². The molecule has 5 rings (SSSR count). The van der Waals surface area contributed by atoms with Gasteiger partial charge in [0.25, 0.3) is 5.91 Å². The van der Waals surface area contributed by atoms with Gasteiger partial charge in [-0.15, -0.1) is 11.3 Å². The molecule has 156 valence electrons. The van der Waals surface area contributed by atoms with E-state index in [-0.39, 0.29) is 5.91 Å². The topological polar surface area (TPSA) is 36.4 Å². The summed E-state index contributed by atoms with van der Waals surface area (Å²) in [5, 5.41) is 3.39. The monoisotopic (exact) mass is 419 g/mol. The zero-order valence-corrected chi connectivity index (χ0v) is 18.7. The Balaban J connectivity index is 1.37. The molecule has 1 aliphatic heterocycles. The van der Waals surface area contributed by atoms with E-state index in [1.165, 1.54) is 42.0 Å². The molecule has 4 nitrogen and oxygen atoms in total. The molecule has 2 heterocycles. The Hall–Kier alpha value is -2.24. The van der Waals surface area contributed by atoms with E-state index in [1.807, 2.05) is 11.8 Å². The highest BCUT2D eigenvalue weighted by molar-refractivity contribution is 7.17. The van der Waals surface area contributed by atoms with E-state index in [0.717, 1.165) is 53.4 Å². The van der Waals surface area contributed by atoms with Crippen LogP contribution in [0.5, 0.6) is 0 Å². The van der Waals surface area contributed by atoms with Gasteiger partial charge >= 0.3 is 0 Å². The van der Waals surface area contributed by atoms with Crippen LogP contribution in [0.4, 0.5) is 0 Å². The van der Waals surface area contributed by atoms with Crippen LogP contribution in [-0.4, -0.2) is 52.9 Å². The van der Waals surface area contributed by atoms with Crippen LogP contribution in [0, 0.1) is 13.8 Å². The average Bonchev–Trinajstić information content (AvgIpc) is 3.44. The first-order valence-electron chi connectivity index (χ1n) is 11.1. The molecule has 0 unspecified atom stereocenters. The number of piperazine rings is 1. The molecule has 2 aliphatic rings. The largest absolute Gasteiger partial charge is 0.335 e. The molecule has 0 spiro atoms. The van der Waals surface area contributed by atoms with Gasteiger partial charge in [0.05, 0.1) is 5.69 Å². The maximum absolute atomic E-state index is 13.3. The summed E-state index contributed by atoms with van der Waals surface area (Å²) in [5.74, 6) is 0.152. The Kier molecular flexibility index (Phi) is 5.34. The smallest absolute Gasteiger partial charge is 0.265 e. The molecule has 0 atom stereocenters. The number of aryl methyl sites for hydroxylation is 2. The molecule has 1 amide bonds. The minimum Gasteiger partial charge on any atom is -0.335 e. The molecule has 1 saturated carbocycles. The van der Waals surface area contributed by atoms with Crippen molar-refractivity contribution in [2.24, 2.45) is 0 Å². The summed E-state index contributed by atoms with van der Waals surface area (Å²) in [7, 11) is 0. The quantitative estimate of drug-likeness (QED) is 0.579. The summed E-state index contributed by atoms with van der Waals surface area (Å²) in [5.41, 5.74) is 3.23. The first-order valence-corrected chi connectivity index (χ1v) is 11.9. The van der Waals surface area contributed by atoms with Crippen molar-refractivity contribution >= 4 is 28.0 Å². The highest BCUT2D eigenvalue weighted by Crippen LogP contribution is 2.35. The molecule has 3 aromatic rings. The van der Waals surface area contributed by atoms with Gasteiger partial charge in [-0.2, -0.15) is 0 Å². The predicted molar refractivity (Wildman–Crippen MR) is 124 cm³/mol. The van der Waals surface area contributed by atoms with E-state index < -0.39 is 0 Å². The molecule has 1 saturated heterocycles. The summed E-state index contributed by atoms with van der Waals surface area (Å²) >= 11 is 1.55.